The smallest absolute Gasteiger partial charge is 0.419 e. The average molecular weight is 344 g/mol. The third-order valence-corrected chi connectivity index (χ3v) is 3.07. The number of carboxylic acids is 1. The van der Waals surface area contributed by atoms with E-state index >= 15 is 0 Å². The Hall–Kier alpha value is -1.93. The van der Waals surface area contributed by atoms with Crippen LogP contribution in [0.15, 0.2) is 12.1 Å². The Morgan fingerprint density at radius 2 is 1.52 bits per heavy atom. The quantitative estimate of drug-likeness (QED) is 0.609. The maximum absolute atomic E-state index is 13.0. The number of methoxy groups -OCH3 is 1. The number of hydrogen-bond donors (Lipinski definition) is 1. The molecule has 0 spiro atoms. The Bertz CT molecular complexity index is 528. The van der Waals surface area contributed by atoms with Gasteiger partial charge in [-0.15, -0.1) is 0 Å². The van der Waals surface area contributed by atoms with Gasteiger partial charge in [0.2, 0.25) is 0 Å². The van der Waals surface area contributed by atoms with Gasteiger partial charge in [0, 0.05) is 6.42 Å². The molecule has 1 aromatic carbocycles. The first-order valence-corrected chi connectivity index (χ1v) is 6.54. The molecule has 0 saturated carbocycles. The van der Waals surface area contributed by atoms with Gasteiger partial charge in [0.05, 0.1) is 18.2 Å². The van der Waals surface area contributed by atoms with Gasteiger partial charge in [0.1, 0.15) is 5.75 Å². The van der Waals surface area contributed by atoms with E-state index in [2.05, 4.69) is 4.74 Å². The van der Waals surface area contributed by atoms with Crippen molar-refractivity contribution >= 4 is 5.97 Å². The summed E-state index contributed by atoms with van der Waals surface area (Å²) in [5, 5.41) is 8.47. The summed E-state index contributed by atoms with van der Waals surface area (Å²) in [7, 11) is 0.742. The second kappa shape index (κ2) is 7.10. The Labute approximate surface area is 127 Å². The number of halogens is 6. The maximum atomic E-state index is 13.0. The van der Waals surface area contributed by atoms with Gasteiger partial charge in [-0.2, -0.15) is 26.3 Å². The molecule has 130 valence electrons. The highest BCUT2D eigenvalue weighted by Gasteiger charge is 2.42. The number of aliphatic carboxylic acids is 1. The number of alkyl halides is 6. The van der Waals surface area contributed by atoms with E-state index in [1.165, 1.54) is 0 Å². The van der Waals surface area contributed by atoms with Crippen molar-refractivity contribution in [2.45, 2.75) is 38.0 Å². The van der Waals surface area contributed by atoms with Crippen LogP contribution < -0.4 is 4.74 Å². The standard InChI is InChI=1S/C14H14F6O3/c1-23-12-9(13(15,16)17)6-8(4-2-3-5-11(21)22)7-10(12)14(18,19)20/h6-7H,2-5H2,1H3,(H,21,22). The van der Waals surface area contributed by atoms with Gasteiger partial charge in [0.25, 0.3) is 0 Å². The van der Waals surface area contributed by atoms with Gasteiger partial charge in [0.15, 0.2) is 0 Å². The fraction of sp³-hybridized carbons (Fsp3) is 0.500. The Balaban J connectivity index is 3.20. The van der Waals surface area contributed by atoms with Crippen molar-refractivity contribution in [3.8, 4) is 5.75 Å². The highest BCUT2D eigenvalue weighted by atomic mass is 19.4. The molecule has 0 radical (unpaired) electrons. The van der Waals surface area contributed by atoms with Crippen LogP contribution in [0, 0.1) is 0 Å². The van der Waals surface area contributed by atoms with E-state index in [0.717, 1.165) is 7.11 Å². The summed E-state index contributed by atoms with van der Waals surface area (Å²) in [6, 6.07) is 1.21. The second-order valence-corrected chi connectivity index (χ2v) is 4.82. The molecule has 23 heavy (non-hydrogen) atoms. The van der Waals surface area contributed by atoms with Gasteiger partial charge in [-0.3, -0.25) is 4.79 Å². The predicted molar refractivity (Wildman–Crippen MR) is 68.2 cm³/mol. The third-order valence-electron chi connectivity index (χ3n) is 3.07. The average Bonchev–Trinajstić information content (AvgIpc) is 2.40. The minimum Gasteiger partial charge on any atom is -0.495 e. The molecule has 1 N–H and O–H groups in total. The molecular formula is C14H14F6O3. The van der Waals surface area contributed by atoms with Crippen LogP contribution in [-0.4, -0.2) is 18.2 Å². The molecule has 0 saturated heterocycles. The molecule has 3 nitrogen and oxygen atoms in total. The van der Waals surface area contributed by atoms with E-state index in [4.69, 9.17) is 5.11 Å². The van der Waals surface area contributed by atoms with Crippen molar-refractivity contribution < 1.29 is 41.0 Å². The zero-order valence-electron chi connectivity index (χ0n) is 12.0. The van der Waals surface area contributed by atoms with Crippen LogP contribution in [0.1, 0.15) is 36.0 Å². The van der Waals surface area contributed by atoms with E-state index in [1.807, 2.05) is 0 Å². The van der Waals surface area contributed by atoms with Crippen LogP contribution in [0.2, 0.25) is 0 Å². The van der Waals surface area contributed by atoms with Crippen LogP contribution in [-0.2, 0) is 23.6 Å². The predicted octanol–water partition coefficient (Wildman–Crippen LogP) is 4.53. The topological polar surface area (TPSA) is 46.5 Å². The SMILES string of the molecule is COc1c(C(F)(F)F)cc(CCCCC(=O)O)cc1C(F)(F)F. The van der Waals surface area contributed by atoms with Crippen LogP contribution in [0.3, 0.4) is 0 Å². The largest absolute Gasteiger partial charge is 0.495 e. The summed E-state index contributed by atoms with van der Waals surface area (Å²) >= 11 is 0. The molecule has 0 amide bonds. The molecule has 0 bridgehead atoms. The van der Waals surface area contributed by atoms with Crippen molar-refractivity contribution in [1.82, 2.24) is 0 Å². The normalized spacial score (nSPS) is 12.3. The highest BCUT2D eigenvalue weighted by Crippen LogP contribution is 2.45. The van der Waals surface area contributed by atoms with Crippen molar-refractivity contribution in [2.24, 2.45) is 0 Å². The maximum Gasteiger partial charge on any atom is 0.419 e. The van der Waals surface area contributed by atoms with Gasteiger partial charge >= 0.3 is 18.3 Å². The Morgan fingerprint density at radius 1 is 1.04 bits per heavy atom. The lowest BCUT2D eigenvalue weighted by Crippen LogP contribution is -2.15. The second-order valence-electron chi connectivity index (χ2n) is 4.82. The number of benzene rings is 1. The van der Waals surface area contributed by atoms with E-state index in [9.17, 15) is 31.1 Å². The first-order valence-electron chi connectivity index (χ1n) is 6.54. The Morgan fingerprint density at radius 3 is 1.87 bits per heavy atom. The molecular weight excluding hydrogens is 330 g/mol. The van der Waals surface area contributed by atoms with Gasteiger partial charge in [-0.25, -0.2) is 0 Å². The molecule has 0 aromatic heterocycles. The number of carboxylic acid groups (broad SMARTS) is 1. The summed E-state index contributed by atoms with van der Waals surface area (Å²) in [6.45, 7) is 0. The summed E-state index contributed by atoms with van der Waals surface area (Å²) < 4.78 is 82.0. The molecule has 0 aliphatic heterocycles. The summed E-state index contributed by atoms with van der Waals surface area (Å²) in [5.74, 6) is -2.34. The minimum atomic E-state index is -5.00. The Kier molecular flexibility index (Phi) is 5.90. The van der Waals surface area contributed by atoms with E-state index in [-0.39, 0.29) is 31.2 Å². The molecule has 1 rings (SSSR count). The van der Waals surface area contributed by atoms with Crippen LogP contribution in [0.25, 0.3) is 0 Å². The lowest BCUT2D eigenvalue weighted by Gasteiger charge is -2.19. The zero-order chi connectivity index (χ0) is 17.8. The van der Waals surface area contributed by atoms with Gasteiger partial charge in [-0.1, -0.05) is 0 Å². The van der Waals surface area contributed by atoms with E-state index < -0.39 is 35.2 Å². The molecule has 0 fully saturated rings. The number of aryl methyl sites for hydroxylation is 1. The molecule has 9 heteroatoms. The molecule has 1 aromatic rings. The zero-order valence-corrected chi connectivity index (χ0v) is 12.0. The minimum absolute atomic E-state index is 0.0938. The summed E-state index contributed by atoms with van der Waals surface area (Å²) in [5.41, 5.74) is -3.16. The lowest BCUT2D eigenvalue weighted by molar-refractivity contribution is -0.145. The molecule has 0 aliphatic carbocycles. The van der Waals surface area contributed by atoms with Gasteiger partial charge < -0.3 is 9.84 Å². The lowest BCUT2D eigenvalue weighted by atomic mass is 9.99. The fourth-order valence-electron chi connectivity index (χ4n) is 2.08. The molecule has 0 aliphatic rings. The van der Waals surface area contributed by atoms with Crippen molar-refractivity contribution in [1.29, 1.82) is 0 Å². The van der Waals surface area contributed by atoms with Crippen LogP contribution >= 0.6 is 0 Å². The number of carbonyl (C=O) groups is 1. The first kappa shape index (κ1) is 19.1. The van der Waals surface area contributed by atoms with Crippen molar-refractivity contribution in [3.63, 3.8) is 0 Å². The molecule has 0 heterocycles. The van der Waals surface area contributed by atoms with E-state index in [0.29, 0.717) is 12.1 Å². The first-order chi connectivity index (χ1) is 10.5. The van der Waals surface area contributed by atoms with Crippen LogP contribution in [0.5, 0.6) is 5.75 Å². The molecule has 0 atom stereocenters. The number of ether oxygens (including phenoxy) is 1. The van der Waals surface area contributed by atoms with Gasteiger partial charge in [-0.05, 0) is 37.0 Å². The molecule has 0 unspecified atom stereocenters. The number of rotatable bonds is 6. The summed E-state index contributed by atoms with van der Waals surface area (Å²) in [4.78, 5) is 10.4. The monoisotopic (exact) mass is 344 g/mol. The van der Waals surface area contributed by atoms with E-state index in [1.54, 1.807) is 0 Å². The van der Waals surface area contributed by atoms with Crippen LogP contribution in [0.4, 0.5) is 26.3 Å². The number of unbranched alkanes of at least 4 members (excludes halogenated alkanes) is 1. The summed E-state index contributed by atoms with van der Waals surface area (Å²) in [6.07, 6.45) is -9.97. The fourth-order valence-corrected chi connectivity index (χ4v) is 2.08. The van der Waals surface area contributed by atoms with Crippen molar-refractivity contribution in [2.75, 3.05) is 7.11 Å². The number of hydrogen-bond acceptors (Lipinski definition) is 2. The third kappa shape index (κ3) is 5.33. The van der Waals surface area contributed by atoms with Crippen molar-refractivity contribution in [3.05, 3.63) is 28.8 Å². The highest BCUT2D eigenvalue weighted by molar-refractivity contribution is 5.66.